The summed E-state index contributed by atoms with van der Waals surface area (Å²) in [4.78, 5) is 34.6. The summed E-state index contributed by atoms with van der Waals surface area (Å²) >= 11 is 0. The molecule has 1 heterocycles. The molecule has 26 heavy (non-hydrogen) atoms. The predicted octanol–water partition coefficient (Wildman–Crippen LogP) is 3.11. The van der Waals surface area contributed by atoms with Gasteiger partial charge in [0.05, 0.1) is 10.6 Å². The molecule has 0 aliphatic heterocycles. The number of benzene rings is 2. The number of nitrogens with one attached hydrogen (secondary N) is 1. The van der Waals surface area contributed by atoms with Gasteiger partial charge < -0.3 is 14.8 Å². The first-order chi connectivity index (χ1) is 12.3. The van der Waals surface area contributed by atoms with E-state index in [1.807, 2.05) is 0 Å². The van der Waals surface area contributed by atoms with Crippen LogP contribution in [0.5, 0.6) is 5.75 Å². The topological polar surface area (TPSA) is 123 Å². The highest BCUT2D eigenvalue weighted by Crippen LogP contribution is 2.35. The number of hydrogen-bond donors (Lipinski definition) is 2. The minimum atomic E-state index is -1.03. The van der Waals surface area contributed by atoms with Crippen LogP contribution in [0.1, 0.15) is 15.9 Å². The number of carbonyl (C=O) groups is 1. The maximum atomic E-state index is 13.6. The largest absolute Gasteiger partial charge is 0.502 e. The third-order valence-electron chi connectivity index (χ3n) is 3.77. The molecule has 0 radical (unpaired) electrons. The summed E-state index contributed by atoms with van der Waals surface area (Å²) in [5.41, 5.74) is -2.30. The first-order valence-corrected chi connectivity index (χ1v) is 7.30. The molecule has 0 saturated heterocycles. The molecular formula is C17H11FN2O6. The molecule has 0 saturated carbocycles. The Labute approximate surface area is 144 Å². The van der Waals surface area contributed by atoms with Gasteiger partial charge in [-0.3, -0.25) is 14.9 Å². The number of nitro groups is 1. The molecule has 0 spiro atoms. The number of nitro benzene ring substituents is 1. The zero-order valence-electron chi connectivity index (χ0n) is 13.3. The van der Waals surface area contributed by atoms with Gasteiger partial charge in [0.25, 0.3) is 5.91 Å². The molecule has 0 fully saturated rings. The van der Waals surface area contributed by atoms with Crippen LogP contribution in [-0.4, -0.2) is 15.9 Å². The number of phenolic OH excluding ortho intramolecular Hbond substituents is 1. The summed E-state index contributed by atoms with van der Waals surface area (Å²) in [6.07, 6.45) is 0. The number of aryl methyl sites for hydroxylation is 1. The molecule has 8 nitrogen and oxygen atoms in total. The summed E-state index contributed by atoms with van der Waals surface area (Å²) in [6.45, 7) is 1.34. The van der Waals surface area contributed by atoms with E-state index < -0.39 is 39.3 Å². The number of para-hydroxylation sites is 1. The Balaban J connectivity index is 2.12. The number of phenols is 1. The Bertz CT molecular complexity index is 1120. The fourth-order valence-electron chi connectivity index (χ4n) is 2.45. The molecule has 0 aliphatic carbocycles. The summed E-state index contributed by atoms with van der Waals surface area (Å²) < 4.78 is 18.7. The Morgan fingerprint density at radius 2 is 2.00 bits per heavy atom. The molecular weight excluding hydrogens is 347 g/mol. The molecule has 0 aliphatic rings. The van der Waals surface area contributed by atoms with Gasteiger partial charge >= 0.3 is 11.3 Å². The lowest BCUT2D eigenvalue weighted by Crippen LogP contribution is -2.21. The fourth-order valence-corrected chi connectivity index (χ4v) is 2.45. The van der Waals surface area contributed by atoms with Crippen LogP contribution in [0.25, 0.3) is 11.0 Å². The third-order valence-corrected chi connectivity index (χ3v) is 3.77. The summed E-state index contributed by atoms with van der Waals surface area (Å²) in [5, 5.41) is 23.2. The molecule has 3 aromatic rings. The number of hydrogen-bond acceptors (Lipinski definition) is 6. The van der Waals surface area contributed by atoms with E-state index >= 15 is 0 Å². The molecule has 9 heteroatoms. The minimum Gasteiger partial charge on any atom is -0.502 e. The van der Waals surface area contributed by atoms with Gasteiger partial charge in [-0.1, -0.05) is 12.1 Å². The molecule has 2 aromatic carbocycles. The Morgan fingerprint density at radius 3 is 2.65 bits per heavy atom. The number of halogens is 1. The second-order valence-electron chi connectivity index (χ2n) is 5.43. The monoisotopic (exact) mass is 358 g/mol. The highest BCUT2D eigenvalue weighted by atomic mass is 19.1. The number of amides is 1. The average molecular weight is 358 g/mol. The second-order valence-corrected chi connectivity index (χ2v) is 5.43. The van der Waals surface area contributed by atoms with Crippen LogP contribution in [0.3, 0.4) is 0 Å². The molecule has 3 rings (SSSR count). The Morgan fingerprint density at radius 1 is 1.31 bits per heavy atom. The van der Waals surface area contributed by atoms with E-state index in [9.17, 15) is 29.2 Å². The summed E-state index contributed by atoms with van der Waals surface area (Å²) in [5.74, 6) is -2.25. The maximum Gasteiger partial charge on any atom is 0.349 e. The third kappa shape index (κ3) is 2.86. The van der Waals surface area contributed by atoms with E-state index in [0.717, 1.165) is 18.2 Å². The van der Waals surface area contributed by atoms with Crippen molar-refractivity contribution in [2.45, 2.75) is 6.92 Å². The van der Waals surface area contributed by atoms with E-state index in [-0.39, 0.29) is 22.2 Å². The van der Waals surface area contributed by atoms with E-state index in [2.05, 4.69) is 5.32 Å². The van der Waals surface area contributed by atoms with Gasteiger partial charge in [-0.15, -0.1) is 0 Å². The van der Waals surface area contributed by atoms with E-state index in [4.69, 9.17) is 4.42 Å². The van der Waals surface area contributed by atoms with Crippen molar-refractivity contribution in [1.82, 2.24) is 0 Å². The SMILES string of the molecule is Cc1c(O)c([N+](=O)[O-])cc2cc(C(=O)Nc3ccccc3F)c(=O)oc12. The number of aromatic hydroxyl groups is 1. The van der Waals surface area contributed by atoms with Crippen molar-refractivity contribution in [3.05, 3.63) is 73.9 Å². The fraction of sp³-hybridized carbons (Fsp3) is 0.0588. The molecule has 2 N–H and O–H groups in total. The van der Waals surface area contributed by atoms with Crippen molar-refractivity contribution in [3.8, 4) is 5.75 Å². The van der Waals surface area contributed by atoms with Crippen LogP contribution in [0, 0.1) is 22.9 Å². The van der Waals surface area contributed by atoms with Crippen molar-refractivity contribution in [2.24, 2.45) is 0 Å². The lowest BCUT2D eigenvalue weighted by molar-refractivity contribution is -0.385. The van der Waals surface area contributed by atoms with Crippen molar-refractivity contribution in [1.29, 1.82) is 0 Å². The van der Waals surface area contributed by atoms with Crippen LogP contribution in [0.2, 0.25) is 0 Å². The van der Waals surface area contributed by atoms with Gasteiger partial charge in [0.2, 0.25) is 5.75 Å². The van der Waals surface area contributed by atoms with E-state index in [1.165, 1.54) is 25.1 Å². The van der Waals surface area contributed by atoms with Gasteiger partial charge in [-0.2, -0.15) is 0 Å². The van der Waals surface area contributed by atoms with Crippen LogP contribution in [-0.2, 0) is 0 Å². The van der Waals surface area contributed by atoms with Crippen molar-refractivity contribution >= 4 is 28.3 Å². The summed E-state index contributed by atoms with van der Waals surface area (Å²) in [6, 6.07) is 7.45. The molecule has 0 unspecified atom stereocenters. The normalized spacial score (nSPS) is 10.7. The lowest BCUT2D eigenvalue weighted by atomic mass is 10.1. The first-order valence-electron chi connectivity index (χ1n) is 7.30. The number of nitrogens with zero attached hydrogens (tertiary/aromatic N) is 1. The molecule has 132 valence electrons. The number of fused-ring (bicyclic) bond motifs is 1. The quantitative estimate of drug-likeness (QED) is 0.421. The highest BCUT2D eigenvalue weighted by molar-refractivity contribution is 6.05. The highest BCUT2D eigenvalue weighted by Gasteiger charge is 2.22. The smallest absolute Gasteiger partial charge is 0.349 e. The molecule has 1 aromatic heterocycles. The van der Waals surface area contributed by atoms with Gasteiger partial charge in [0.1, 0.15) is 17.0 Å². The van der Waals surface area contributed by atoms with Crippen molar-refractivity contribution in [2.75, 3.05) is 5.32 Å². The van der Waals surface area contributed by atoms with E-state index in [0.29, 0.717) is 0 Å². The Hall–Kier alpha value is -3.75. The van der Waals surface area contributed by atoms with Gasteiger partial charge in [0, 0.05) is 17.0 Å². The van der Waals surface area contributed by atoms with Crippen molar-refractivity contribution in [3.63, 3.8) is 0 Å². The van der Waals surface area contributed by atoms with E-state index in [1.54, 1.807) is 0 Å². The van der Waals surface area contributed by atoms with Crippen molar-refractivity contribution < 1.29 is 23.6 Å². The number of rotatable bonds is 3. The first kappa shape index (κ1) is 17.1. The summed E-state index contributed by atoms with van der Waals surface area (Å²) in [7, 11) is 0. The average Bonchev–Trinajstić information content (AvgIpc) is 2.59. The van der Waals surface area contributed by atoms with Crippen LogP contribution >= 0.6 is 0 Å². The maximum absolute atomic E-state index is 13.6. The molecule has 0 bridgehead atoms. The predicted molar refractivity (Wildman–Crippen MR) is 89.9 cm³/mol. The standard InChI is InChI=1S/C17H11FN2O6/c1-8-14(21)13(20(24)25)7-9-6-10(17(23)26-15(8)9)16(22)19-12-5-3-2-4-11(12)18/h2-7,21H,1H3,(H,19,22). The number of anilines is 1. The van der Waals surface area contributed by atoms with Gasteiger partial charge in [0.15, 0.2) is 0 Å². The zero-order chi connectivity index (χ0) is 19.0. The van der Waals surface area contributed by atoms with Gasteiger partial charge in [-0.05, 0) is 25.1 Å². The lowest BCUT2D eigenvalue weighted by Gasteiger charge is -2.08. The second kappa shape index (κ2) is 6.28. The van der Waals surface area contributed by atoms with Gasteiger partial charge in [-0.25, -0.2) is 9.18 Å². The molecule has 0 atom stereocenters. The Kier molecular flexibility index (Phi) is 4.13. The van der Waals surface area contributed by atoms with Crippen LogP contribution in [0.15, 0.2) is 45.6 Å². The molecule has 1 amide bonds. The van der Waals surface area contributed by atoms with Crippen LogP contribution in [0.4, 0.5) is 15.8 Å². The number of carbonyl (C=O) groups excluding carboxylic acids is 1. The van der Waals surface area contributed by atoms with Crippen LogP contribution < -0.4 is 10.9 Å². The minimum absolute atomic E-state index is 0.00707. The zero-order valence-corrected chi connectivity index (χ0v) is 13.3.